The maximum absolute atomic E-state index is 12.8. The first kappa shape index (κ1) is 61.9. The van der Waals surface area contributed by atoms with Crippen molar-refractivity contribution in [2.24, 2.45) is 0 Å². The van der Waals surface area contributed by atoms with Gasteiger partial charge in [-0.3, -0.25) is 14.4 Å². The Morgan fingerprint density at radius 2 is 0.600 bits per heavy atom. The van der Waals surface area contributed by atoms with Crippen LogP contribution in [0.4, 0.5) is 0 Å². The molecule has 0 spiro atoms. The van der Waals surface area contributed by atoms with Gasteiger partial charge in [-0.2, -0.15) is 0 Å². The molecule has 0 aromatic carbocycles. The molecule has 374 valence electrons. The number of rotatable bonds is 49. The van der Waals surface area contributed by atoms with Gasteiger partial charge in [-0.15, -0.1) is 0 Å². The Morgan fingerprint density at radius 3 is 0.969 bits per heavy atom. The first-order valence-corrected chi connectivity index (χ1v) is 27.4. The Morgan fingerprint density at radius 1 is 0.323 bits per heavy atom. The van der Waals surface area contributed by atoms with Crippen molar-refractivity contribution in [1.29, 1.82) is 0 Å². The first-order chi connectivity index (χ1) is 32.0. The Hall–Kier alpha value is -3.15. The molecule has 0 saturated heterocycles. The Balaban J connectivity index is 4.43. The van der Waals surface area contributed by atoms with Gasteiger partial charge in [-0.1, -0.05) is 229 Å². The number of unbranched alkanes of at least 4 members (excludes halogenated alkanes) is 26. The molecule has 0 bridgehead atoms. The van der Waals surface area contributed by atoms with Crippen molar-refractivity contribution in [2.45, 2.75) is 271 Å². The van der Waals surface area contributed by atoms with E-state index in [2.05, 4.69) is 93.7 Å². The van der Waals surface area contributed by atoms with Crippen molar-refractivity contribution >= 4 is 17.9 Å². The molecule has 0 rings (SSSR count). The van der Waals surface area contributed by atoms with Crippen molar-refractivity contribution in [3.8, 4) is 0 Å². The smallest absolute Gasteiger partial charge is 0.306 e. The highest BCUT2D eigenvalue weighted by Crippen LogP contribution is 2.15. The number of allylic oxidation sites excluding steroid dienone is 12. The molecule has 0 aliphatic carbocycles. The van der Waals surface area contributed by atoms with Crippen LogP contribution >= 0.6 is 0 Å². The minimum absolute atomic E-state index is 0.0885. The molecule has 6 nitrogen and oxygen atoms in total. The molecule has 0 aliphatic rings. The molecule has 0 unspecified atom stereocenters. The second-order valence-corrected chi connectivity index (χ2v) is 18.1. The molecule has 6 heteroatoms. The topological polar surface area (TPSA) is 78.9 Å². The van der Waals surface area contributed by atoms with Crippen LogP contribution in [0.15, 0.2) is 72.9 Å². The summed E-state index contributed by atoms with van der Waals surface area (Å²) < 4.78 is 16.8. The maximum Gasteiger partial charge on any atom is 0.306 e. The quantitative estimate of drug-likeness (QED) is 0.0262. The summed E-state index contributed by atoms with van der Waals surface area (Å²) in [7, 11) is 0. The second-order valence-electron chi connectivity index (χ2n) is 18.1. The first-order valence-electron chi connectivity index (χ1n) is 27.4. The summed E-state index contributed by atoms with van der Waals surface area (Å²) in [4.78, 5) is 38.1. The van der Waals surface area contributed by atoms with Gasteiger partial charge in [0.25, 0.3) is 0 Å². The number of hydrogen-bond donors (Lipinski definition) is 0. The number of ether oxygens (including phenoxy) is 3. The Bertz CT molecular complexity index is 1230. The highest BCUT2D eigenvalue weighted by atomic mass is 16.6. The molecular formula is C59H102O6. The zero-order valence-corrected chi connectivity index (χ0v) is 42.7. The van der Waals surface area contributed by atoms with E-state index < -0.39 is 6.10 Å². The average Bonchev–Trinajstić information content (AvgIpc) is 3.30. The van der Waals surface area contributed by atoms with E-state index in [1.54, 1.807) is 0 Å². The largest absolute Gasteiger partial charge is 0.462 e. The lowest BCUT2D eigenvalue weighted by atomic mass is 10.0. The predicted octanol–water partition coefficient (Wildman–Crippen LogP) is 18.2. The standard InChI is InChI=1S/C59H102O6/c1-4-7-10-13-16-19-22-25-27-28-29-30-32-35-37-40-43-46-49-52-58(61)64-55-56(65-59(62)53-50-47-44-41-38-33-24-21-18-15-12-9-6-3)54-63-57(60)51-48-45-42-39-36-34-31-26-23-20-17-14-11-8-5-2/h7,10,16,19,25-27,29-31,35,37,56H,4-6,8-9,11-15,17-18,20-24,28,32-34,36,38-55H2,1-3H3/b10-7-,19-16-,27-25-,30-29-,31-26-,37-35-/t56-/m1/s1. The highest BCUT2D eigenvalue weighted by molar-refractivity contribution is 5.71. The Labute approximate surface area is 402 Å². The number of esters is 3. The molecule has 65 heavy (non-hydrogen) atoms. The molecule has 0 fully saturated rings. The minimum atomic E-state index is -0.790. The van der Waals surface area contributed by atoms with Crippen molar-refractivity contribution in [3.05, 3.63) is 72.9 Å². The number of carbonyl (C=O) groups excluding carboxylic acids is 3. The third-order valence-corrected chi connectivity index (χ3v) is 11.7. The molecule has 0 radical (unpaired) electrons. The van der Waals surface area contributed by atoms with E-state index in [-0.39, 0.29) is 31.1 Å². The van der Waals surface area contributed by atoms with E-state index in [9.17, 15) is 14.4 Å². The lowest BCUT2D eigenvalue weighted by molar-refractivity contribution is -0.167. The van der Waals surface area contributed by atoms with Crippen molar-refractivity contribution in [1.82, 2.24) is 0 Å². The van der Waals surface area contributed by atoms with E-state index in [0.29, 0.717) is 19.3 Å². The molecule has 0 heterocycles. The maximum atomic E-state index is 12.8. The summed E-state index contributed by atoms with van der Waals surface area (Å²) in [6.45, 7) is 6.50. The van der Waals surface area contributed by atoms with E-state index in [1.165, 1.54) is 122 Å². The van der Waals surface area contributed by atoms with Gasteiger partial charge in [0.15, 0.2) is 6.10 Å². The second kappa shape index (κ2) is 53.5. The van der Waals surface area contributed by atoms with E-state index in [4.69, 9.17) is 14.2 Å². The predicted molar refractivity (Wildman–Crippen MR) is 279 cm³/mol. The summed E-state index contributed by atoms with van der Waals surface area (Å²) in [5.41, 5.74) is 0. The Kier molecular flexibility index (Phi) is 50.9. The summed E-state index contributed by atoms with van der Waals surface area (Å²) in [5, 5.41) is 0. The normalized spacial score (nSPS) is 12.6. The van der Waals surface area contributed by atoms with Crippen LogP contribution < -0.4 is 0 Å². The average molecular weight is 907 g/mol. The number of carbonyl (C=O) groups is 3. The van der Waals surface area contributed by atoms with Crippen LogP contribution in [0.2, 0.25) is 0 Å². The van der Waals surface area contributed by atoms with Gasteiger partial charge >= 0.3 is 17.9 Å². The summed E-state index contributed by atoms with van der Waals surface area (Å²) in [5.74, 6) is -0.923. The molecule has 1 atom stereocenters. The third-order valence-electron chi connectivity index (χ3n) is 11.7. The van der Waals surface area contributed by atoms with E-state index >= 15 is 0 Å². The molecule has 0 saturated carbocycles. The summed E-state index contributed by atoms with van der Waals surface area (Å²) >= 11 is 0. The van der Waals surface area contributed by atoms with Gasteiger partial charge in [0, 0.05) is 19.3 Å². The van der Waals surface area contributed by atoms with Gasteiger partial charge in [-0.05, 0) is 89.9 Å². The number of hydrogen-bond acceptors (Lipinski definition) is 6. The fourth-order valence-corrected chi connectivity index (χ4v) is 7.58. The van der Waals surface area contributed by atoms with Gasteiger partial charge in [0.05, 0.1) is 0 Å². The van der Waals surface area contributed by atoms with Gasteiger partial charge in [0.1, 0.15) is 13.2 Å². The zero-order chi connectivity index (χ0) is 47.2. The molecule has 0 amide bonds. The molecule has 0 N–H and O–H groups in total. The lowest BCUT2D eigenvalue weighted by Crippen LogP contribution is -2.30. The fraction of sp³-hybridized carbons (Fsp3) is 0.746. The van der Waals surface area contributed by atoms with Gasteiger partial charge in [0.2, 0.25) is 0 Å². The molecule has 0 aliphatic heterocycles. The molecule has 0 aromatic heterocycles. The third kappa shape index (κ3) is 51.7. The SMILES string of the molecule is CC/C=C\C/C=C\C/C=C\C/C=C\C/C=C\CCCCCC(=O)OC[C@@H](COC(=O)CCCCCCC/C=C\CCCCCCCC)OC(=O)CCCCCCCCCCCCCCC. The fourth-order valence-electron chi connectivity index (χ4n) is 7.58. The highest BCUT2D eigenvalue weighted by Gasteiger charge is 2.19. The zero-order valence-electron chi connectivity index (χ0n) is 42.7. The van der Waals surface area contributed by atoms with Crippen LogP contribution in [0.25, 0.3) is 0 Å². The van der Waals surface area contributed by atoms with Crippen LogP contribution in [-0.4, -0.2) is 37.2 Å². The van der Waals surface area contributed by atoms with E-state index in [0.717, 1.165) is 103 Å². The van der Waals surface area contributed by atoms with Crippen molar-refractivity contribution in [2.75, 3.05) is 13.2 Å². The monoisotopic (exact) mass is 907 g/mol. The van der Waals surface area contributed by atoms with Crippen molar-refractivity contribution < 1.29 is 28.6 Å². The van der Waals surface area contributed by atoms with Crippen LogP contribution in [0.1, 0.15) is 265 Å². The van der Waals surface area contributed by atoms with E-state index in [1.807, 2.05) is 0 Å². The minimum Gasteiger partial charge on any atom is -0.462 e. The van der Waals surface area contributed by atoms with Crippen LogP contribution in [-0.2, 0) is 28.6 Å². The molecular weight excluding hydrogens is 805 g/mol. The van der Waals surface area contributed by atoms with Crippen LogP contribution in [0.5, 0.6) is 0 Å². The van der Waals surface area contributed by atoms with Gasteiger partial charge < -0.3 is 14.2 Å². The summed E-state index contributed by atoms with van der Waals surface area (Å²) in [6, 6.07) is 0. The van der Waals surface area contributed by atoms with Crippen LogP contribution in [0, 0.1) is 0 Å². The van der Waals surface area contributed by atoms with Gasteiger partial charge in [-0.25, -0.2) is 0 Å². The van der Waals surface area contributed by atoms with Crippen molar-refractivity contribution in [3.63, 3.8) is 0 Å². The summed E-state index contributed by atoms with van der Waals surface area (Å²) in [6.07, 6.45) is 67.4. The molecule has 0 aromatic rings. The van der Waals surface area contributed by atoms with Crippen LogP contribution in [0.3, 0.4) is 0 Å². The lowest BCUT2D eigenvalue weighted by Gasteiger charge is -2.18.